The Labute approximate surface area is 161 Å². The van der Waals surface area contributed by atoms with E-state index in [1.807, 2.05) is 6.92 Å². The first-order valence-electron chi connectivity index (χ1n) is 9.95. The maximum Gasteiger partial charge on any atom is 0.280 e. The Hall–Kier alpha value is -1.99. The normalized spacial score (nSPS) is 24.9. The molecule has 2 heterocycles. The first-order valence-corrected chi connectivity index (χ1v) is 9.95. The molecule has 2 aliphatic rings. The van der Waals surface area contributed by atoms with Gasteiger partial charge in [0.2, 0.25) is 0 Å². The van der Waals surface area contributed by atoms with Crippen molar-refractivity contribution in [2.45, 2.75) is 70.6 Å². The smallest absolute Gasteiger partial charge is 0.280 e. The summed E-state index contributed by atoms with van der Waals surface area (Å²) in [4.78, 5) is 22.3. The van der Waals surface area contributed by atoms with Gasteiger partial charge < -0.3 is 21.1 Å². The van der Waals surface area contributed by atoms with Crippen LogP contribution >= 0.6 is 0 Å². The van der Waals surface area contributed by atoms with Crippen LogP contribution < -0.4 is 16.0 Å². The molecule has 0 aromatic carbocycles. The Morgan fingerprint density at radius 1 is 1.33 bits per heavy atom. The van der Waals surface area contributed by atoms with E-state index in [1.54, 1.807) is 13.0 Å². The summed E-state index contributed by atoms with van der Waals surface area (Å²) in [6, 6.07) is 2.48. The van der Waals surface area contributed by atoms with Gasteiger partial charge in [-0.1, -0.05) is 19.3 Å². The number of carbonyl (C=O) groups is 1. The molecular formula is C20H31N5O2. The lowest BCUT2D eigenvalue weighted by atomic mass is 9.92. The van der Waals surface area contributed by atoms with E-state index in [4.69, 9.17) is 5.73 Å². The van der Waals surface area contributed by atoms with Crippen LogP contribution in [0.15, 0.2) is 17.3 Å². The zero-order valence-corrected chi connectivity index (χ0v) is 16.3. The number of piperidine rings is 1. The number of amides is 1. The molecule has 1 amide bonds. The number of amidine groups is 1. The number of aliphatic hydroxyl groups is 1. The van der Waals surface area contributed by atoms with Crippen molar-refractivity contribution in [1.82, 2.24) is 10.3 Å². The van der Waals surface area contributed by atoms with E-state index >= 15 is 0 Å². The Balaban J connectivity index is 1.62. The van der Waals surface area contributed by atoms with E-state index < -0.39 is 6.10 Å². The molecule has 2 fully saturated rings. The number of anilines is 1. The van der Waals surface area contributed by atoms with Crippen LogP contribution in [0.4, 0.5) is 5.82 Å². The fourth-order valence-electron chi connectivity index (χ4n) is 4.13. The molecule has 0 bridgehead atoms. The summed E-state index contributed by atoms with van der Waals surface area (Å²) in [6.45, 7) is 4.89. The number of hydrogen-bond acceptors (Lipinski definition) is 5. The van der Waals surface area contributed by atoms with Gasteiger partial charge in [-0.25, -0.2) is 4.98 Å². The number of aliphatic imine (C=N–C) groups is 1. The predicted molar refractivity (Wildman–Crippen MR) is 107 cm³/mol. The topological polar surface area (TPSA) is 104 Å². The third-order valence-corrected chi connectivity index (χ3v) is 5.51. The minimum absolute atomic E-state index is 0.146. The van der Waals surface area contributed by atoms with Gasteiger partial charge in [-0.05, 0) is 44.7 Å². The SMILES string of the molecule is CC(N)=NC(=O)c1cnc(N2CC[C@@H](NC3CCCCC3)[C@H](O)C2)c(C)c1. The highest BCUT2D eigenvalue weighted by Crippen LogP contribution is 2.24. The Morgan fingerprint density at radius 2 is 2.07 bits per heavy atom. The predicted octanol–water partition coefficient (Wildman–Crippen LogP) is 1.77. The molecule has 1 aromatic rings. The number of nitrogens with two attached hydrogens (primary N) is 1. The lowest BCUT2D eigenvalue weighted by Gasteiger charge is -2.39. The summed E-state index contributed by atoms with van der Waals surface area (Å²) in [6.07, 6.45) is 8.34. The van der Waals surface area contributed by atoms with E-state index in [-0.39, 0.29) is 17.8 Å². The van der Waals surface area contributed by atoms with Crippen molar-refractivity contribution in [2.24, 2.45) is 10.7 Å². The van der Waals surface area contributed by atoms with Gasteiger partial charge in [0.15, 0.2) is 0 Å². The average molecular weight is 374 g/mol. The average Bonchev–Trinajstić information content (AvgIpc) is 2.63. The Kier molecular flexibility index (Phi) is 6.44. The summed E-state index contributed by atoms with van der Waals surface area (Å²) in [7, 11) is 0. The van der Waals surface area contributed by atoms with Crippen molar-refractivity contribution in [3.05, 3.63) is 23.4 Å². The number of carbonyl (C=O) groups excluding carboxylic acids is 1. The highest BCUT2D eigenvalue weighted by Gasteiger charge is 2.30. The van der Waals surface area contributed by atoms with Gasteiger partial charge in [0.25, 0.3) is 5.91 Å². The summed E-state index contributed by atoms with van der Waals surface area (Å²) in [5.41, 5.74) is 6.80. The third kappa shape index (κ3) is 5.05. The number of hydrogen-bond donors (Lipinski definition) is 3. The lowest BCUT2D eigenvalue weighted by molar-refractivity contribution is 0.100. The van der Waals surface area contributed by atoms with Gasteiger partial charge in [0.1, 0.15) is 11.7 Å². The van der Waals surface area contributed by atoms with E-state index in [0.717, 1.165) is 24.3 Å². The molecule has 4 N–H and O–H groups in total. The molecule has 0 unspecified atom stereocenters. The fraction of sp³-hybridized carbons (Fsp3) is 0.650. The number of β-amino-alcohol motifs (C(OH)–C–C–N with tert-alkyl or cyclic N) is 1. The van der Waals surface area contributed by atoms with Crippen LogP contribution in [0.2, 0.25) is 0 Å². The monoisotopic (exact) mass is 373 g/mol. The molecule has 0 radical (unpaired) electrons. The standard InChI is InChI=1S/C20H31N5O2/c1-13-10-15(20(27)23-14(2)21)11-22-19(13)25-9-8-17(18(26)12-25)24-16-6-4-3-5-7-16/h10-11,16-18,24,26H,3-9,12H2,1-2H3,(H2,21,23,27)/t17-,18-/m1/s1. The highest BCUT2D eigenvalue weighted by atomic mass is 16.3. The van der Waals surface area contributed by atoms with Gasteiger partial charge in [-0.15, -0.1) is 0 Å². The van der Waals surface area contributed by atoms with Gasteiger partial charge in [0, 0.05) is 31.4 Å². The minimum Gasteiger partial charge on any atom is -0.390 e. The van der Waals surface area contributed by atoms with Crippen molar-refractivity contribution in [3.8, 4) is 0 Å². The van der Waals surface area contributed by atoms with Crippen molar-refractivity contribution >= 4 is 17.6 Å². The molecule has 1 saturated carbocycles. The van der Waals surface area contributed by atoms with E-state index in [0.29, 0.717) is 18.2 Å². The van der Waals surface area contributed by atoms with Crippen LogP contribution in [-0.2, 0) is 0 Å². The van der Waals surface area contributed by atoms with Crippen LogP contribution in [0, 0.1) is 6.92 Å². The molecule has 3 rings (SSSR count). The molecule has 7 nitrogen and oxygen atoms in total. The second kappa shape index (κ2) is 8.80. The number of aryl methyl sites for hydroxylation is 1. The number of pyridine rings is 1. The Bertz CT molecular complexity index is 696. The van der Waals surface area contributed by atoms with Crippen molar-refractivity contribution in [3.63, 3.8) is 0 Å². The third-order valence-electron chi connectivity index (χ3n) is 5.51. The molecular weight excluding hydrogens is 342 g/mol. The molecule has 7 heteroatoms. The molecule has 0 spiro atoms. The summed E-state index contributed by atoms with van der Waals surface area (Å²) >= 11 is 0. The van der Waals surface area contributed by atoms with E-state index in [2.05, 4.69) is 20.2 Å². The summed E-state index contributed by atoms with van der Waals surface area (Å²) in [5.74, 6) is 0.667. The van der Waals surface area contributed by atoms with Crippen LogP contribution in [0.3, 0.4) is 0 Å². The number of rotatable bonds is 4. The van der Waals surface area contributed by atoms with Gasteiger partial charge >= 0.3 is 0 Å². The molecule has 1 aliphatic heterocycles. The van der Waals surface area contributed by atoms with Gasteiger partial charge in [0.05, 0.1) is 11.7 Å². The zero-order valence-electron chi connectivity index (χ0n) is 16.3. The Morgan fingerprint density at radius 3 is 2.70 bits per heavy atom. The second-order valence-corrected chi connectivity index (χ2v) is 7.83. The first-order chi connectivity index (χ1) is 12.9. The molecule has 1 aromatic heterocycles. The maximum absolute atomic E-state index is 12.0. The van der Waals surface area contributed by atoms with Crippen LogP contribution in [0.25, 0.3) is 0 Å². The van der Waals surface area contributed by atoms with Gasteiger partial charge in [-0.2, -0.15) is 4.99 Å². The number of aliphatic hydroxyl groups excluding tert-OH is 1. The largest absolute Gasteiger partial charge is 0.390 e. The maximum atomic E-state index is 12.0. The second-order valence-electron chi connectivity index (χ2n) is 7.83. The quantitative estimate of drug-likeness (QED) is 0.549. The van der Waals surface area contributed by atoms with Crippen LogP contribution in [-0.4, -0.2) is 53.1 Å². The number of aromatic nitrogens is 1. The van der Waals surface area contributed by atoms with E-state index in [9.17, 15) is 9.90 Å². The zero-order chi connectivity index (χ0) is 19.4. The molecule has 27 heavy (non-hydrogen) atoms. The minimum atomic E-state index is -0.423. The molecule has 148 valence electrons. The van der Waals surface area contributed by atoms with Gasteiger partial charge in [-0.3, -0.25) is 4.79 Å². The molecule has 1 aliphatic carbocycles. The van der Waals surface area contributed by atoms with Crippen molar-refractivity contribution in [1.29, 1.82) is 0 Å². The number of nitrogens with one attached hydrogen (secondary N) is 1. The van der Waals surface area contributed by atoms with Crippen molar-refractivity contribution in [2.75, 3.05) is 18.0 Å². The number of nitrogens with zero attached hydrogens (tertiary/aromatic N) is 3. The van der Waals surface area contributed by atoms with Crippen LogP contribution in [0.5, 0.6) is 0 Å². The summed E-state index contributed by atoms with van der Waals surface area (Å²) in [5, 5.41) is 14.3. The lowest BCUT2D eigenvalue weighted by Crippen LogP contribution is -2.55. The first kappa shape index (κ1) is 19.8. The molecule has 1 saturated heterocycles. The van der Waals surface area contributed by atoms with E-state index in [1.165, 1.54) is 38.3 Å². The van der Waals surface area contributed by atoms with Crippen LogP contribution in [0.1, 0.15) is 61.4 Å². The highest BCUT2D eigenvalue weighted by molar-refractivity contribution is 6.02. The van der Waals surface area contributed by atoms with Crippen molar-refractivity contribution < 1.29 is 9.90 Å². The fourth-order valence-corrected chi connectivity index (χ4v) is 4.13. The summed E-state index contributed by atoms with van der Waals surface area (Å²) < 4.78 is 0. The molecule has 2 atom stereocenters.